The Morgan fingerprint density at radius 2 is 2.12 bits per heavy atom. The van der Waals surface area contributed by atoms with Gasteiger partial charge in [0.1, 0.15) is 0 Å². The van der Waals surface area contributed by atoms with Crippen LogP contribution in [0.25, 0.3) is 0 Å². The molecule has 1 aromatic heterocycles. The lowest BCUT2D eigenvalue weighted by Crippen LogP contribution is -2.43. The van der Waals surface area contributed by atoms with Gasteiger partial charge in [-0.15, -0.1) is 0 Å². The van der Waals surface area contributed by atoms with Crippen molar-refractivity contribution >= 4 is 11.8 Å². The van der Waals surface area contributed by atoms with Crippen molar-refractivity contribution in [2.24, 2.45) is 11.7 Å². The van der Waals surface area contributed by atoms with Crippen molar-refractivity contribution in [3.63, 3.8) is 0 Å². The van der Waals surface area contributed by atoms with E-state index in [1.807, 2.05) is 18.7 Å². The van der Waals surface area contributed by atoms with Crippen LogP contribution in [-0.2, 0) is 17.9 Å². The Labute approximate surface area is 154 Å². The molecule has 1 saturated carbocycles. The van der Waals surface area contributed by atoms with Crippen molar-refractivity contribution in [1.82, 2.24) is 15.2 Å². The van der Waals surface area contributed by atoms with Crippen LogP contribution in [0.3, 0.4) is 0 Å². The molecule has 0 spiro atoms. The number of aromatic nitrogens is 1. The van der Waals surface area contributed by atoms with E-state index in [9.17, 15) is 9.59 Å². The molecule has 2 aliphatic rings. The number of fused-ring (bicyclic) bond motifs is 1. The van der Waals surface area contributed by atoms with Gasteiger partial charge < -0.3 is 20.7 Å². The molecular weight excluding hydrogens is 332 g/mol. The third-order valence-electron chi connectivity index (χ3n) is 5.38. The Hall–Kier alpha value is -2.15. The summed E-state index contributed by atoms with van der Waals surface area (Å²) < 4.78 is 5.38. The molecule has 7 heteroatoms. The van der Waals surface area contributed by atoms with Gasteiger partial charge in [0.15, 0.2) is 0 Å². The average Bonchev–Trinajstić information content (AvgIpc) is 3.26. The maximum atomic E-state index is 12.8. The van der Waals surface area contributed by atoms with Gasteiger partial charge in [0.2, 0.25) is 11.8 Å². The molecular formula is C19H28N4O3. The quantitative estimate of drug-likeness (QED) is 0.803. The van der Waals surface area contributed by atoms with E-state index in [-0.39, 0.29) is 24.3 Å². The van der Waals surface area contributed by atoms with Crippen LogP contribution in [0.5, 0.6) is 5.88 Å². The summed E-state index contributed by atoms with van der Waals surface area (Å²) in [5.41, 5.74) is 7.94. The zero-order valence-corrected chi connectivity index (χ0v) is 15.7. The largest absolute Gasteiger partial charge is 0.481 e. The summed E-state index contributed by atoms with van der Waals surface area (Å²) in [6.45, 7) is 4.58. The van der Waals surface area contributed by atoms with E-state index < -0.39 is 6.04 Å². The predicted octanol–water partition coefficient (Wildman–Crippen LogP) is 1.59. The van der Waals surface area contributed by atoms with Gasteiger partial charge in [-0.25, -0.2) is 4.98 Å². The van der Waals surface area contributed by atoms with E-state index in [4.69, 9.17) is 10.5 Å². The van der Waals surface area contributed by atoms with Crippen molar-refractivity contribution in [2.45, 2.75) is 64.7 Å². The summed E-state index contributed by atoms with van der Waals surface area (Å²) in [4.78, 5) is 31.4. The van der Waals surface area contributed by atoms with Crippen LogP contribution in [-0.4, -0.2) is 40.9 Å². The lowest BCUT2D eigenvalue weighted by atomic mass is 10.0. The molecule has 3 N–H and O–H groups in total. The second-order valence-electron chi connectivity index (χ2n) is 7.51. The predicted molar refractivity (Wildman–Crippen MR) is 97.6 cm³/mol. The molecule has 0 unspecified atom stereocenters. The molecule has 1 aliphatic heterocycles. The molecule has 0 aromatic carbocycles. The summed E-state index contributed by atoms with van der Waals surface area (Å²) >= 11 is 0. The zero-order valence-electron chi connectivity index (χ0n) is 15.7. The van der Waals surface area contributed by atoms with Crippen molar-refractivity contribution in [3.05, 3.63) is 22.9 Å². The Morgan fingerprint density at radius 1 is 1.42 bits per heavy atom. The molecule has 142 valence electrons. The molecule has 2 amide bonds. The van der Waals surface area contributed by atoms with E-state index in [1.54, 1.807) is 13.2 Å². The second kappa shape index (κ2) is 7.61. The SMILES string of the molecule is COc1nc2c(cc1CNC(=O)[C@H](N)C(C)C)C(=O)N(C1CCCC1)C2. The lowest BCUT2D eigenvalue weighted by molar-refractivity contribution is -0.123. The number of nitrogens with one attached hydrogen (secondary N) is 1. The van der Waals surface area contributed by atoms with Gasteiger partial charge in [0.25, 0.3) is 5.91 Å². The topological polar surface area (TPSA) is 97.5 Å². The minimum Gasteiger partial charge on any atom is -0.481 e. The Balaban J connectivity index is 1.77. The highest BCUT2D eigenvalue weighted by Gasteiger charge is 2.36. The van der Waals surface area contributed by atoms with E-state index in [2.05, 4.69) is 10.3 Å². The molecule has 2 heterocycles. The van der Waals surface area contributed by atoms with Crippen LogP contribution in [0.15, 0.2) is 6.07 Å². The smallest absolute Gasteiger partial charge is 0.256 e. The van der Waals surface area contributed by atoms with Crippen molar-refractivity contribution in [1.29, 1.82) is 0 Å². The summed E-state index contributed by atoms with van der Waals surface area (Å²) in [5.74, 6) is 0.315. The number of carbonyl (C=O) groups is 2. The number of nitrogens with two attached hydrogens (primary N) is 1. The number of methoxy groups -OCH3 is 1. The van der Waals surface area contributed by atoms with Crippen molar-refractivity contribution in [2.75, 3.05) is 7.11 Å². The van der Waals surface area contributed by atoms with Gasteiger partial charge in [-0.05, 0) is 24.8 Å². The number of carbonyl (C=O) groups excluding carboxylic acids is 2. The van der Waals surface area contributed by atoms with Gasteiger partial charge in [-0.1, -0.05) is 26.7 Å². The first-order valence-corrected chi connectivity index (χ1v) is 9.33. The summed E-state index contributed by atoms with van der Waals surface area (Å²) in [6, 6.07) is 1.55. The molecule has 0 bridgehead atoms. The standard InChI is InChI=1S/C19H28N4O3/c1-11(2)16(20)17(24)21-9-12-8-14-15(22-18(12)26-3)10-23(19(14)25)13-6-4-5-7-13/h8,11,13,16H,4-7,9-10,20H2,1-3H3,(H,21,24)/t16-/m1/s1. The van der Waals surface area contributed by atoms with Crippen molar-refractivity contribution < 1.29 is 14.3 Å². The van der Waals surface area contributed by atoms with Crippen LogP contribution < -0.4 is 15.8 Å². The Morgan fingerprint density at radius 3 is 2.73 bits per heavy atom. The Bertz CT molecular complexity index is 698. The molecule has 3 rings (SSSR count). The number of nitrogens with zero attached hydrogens (tertiary/aromatic N) is 2. The average molecular weight is 360 g/mol. The first-order chi connectivity index (χ1) is 12.4. The first-order valence-electron chi connectivity index (χ1n) is 9.33. The maximum absolute atomic E-state index is 12.8. The fraction of sp³-hybridized carbons (Fsp3) is 0.632. The highest BCUT2D eigenvalue weighted by molar-refractivity contribution is 5.98. The molecule has 0 radical (unpaired) electrons. The second-order valence-corrected chi connectivity index (χ2v) is 7.51. The van der Waals surface area contributed by atoms with Gasteiger partial charge in [-0.2, -0.15) is 0 Å². The van der Waals surface area contributed by atoms with E-state index in [0.29, 0.717) is 29.6 Å². The molecule has 1 atom stereocenters. The van der Waals surface area contributed by atoms with E-state index >= 15 is 0 Å². The number of rotatable bonds is 6. The molecule has 0 saturated heterocycles. The highest BCUT2D eigenvalue weighted by atomic mass is 16.5. The third-order valence-corrected chi connectivity index (χ3v) is 5.38. The van der Waals surface area contributed by atoms with E-state index in [1.165, 1.54) is 12.8 Å². The number of pyridine rings is 1. The van der Waals surface area contributed by atoms with E-state index in [0.717, 1.165) is 18.5 Å². The minimum absolute atomic E-state index is 0.0357. The number of ether oxygens (including phenoxy) is 1. The number of hydrogen-bond donors (Lipinski definition) is 2. The van der Waals surface area contributed by atoms with Gasteiger partial charge in [0, 0.05) is 18.2 Å². The number of hydrogen-bond acceptors (Lipinski definition) is 5. The lowest BCUT2D eigenvalue weighted by Gasteiger charge is -2.22. The molecule has 1 fully saturated rings. The Kier molecular flexibility index (Phi) is 5.46. The van der Waals surface area contributed by atoms with Crippen LogP contribution in [0.4, 0.5) is 0 Å². The zero-order chi connectivity index (χ0) is 18.8. The van der Waals surface area contributed by atoms with Gasteiger partial charge in [0.05, 0.1) is 31.0 Å². The molecule has 7 nitrogen and oxygen atoms in total. The normalized spacial score (nSPS) is 18.3. The van der Waals surface area contributed by atoms with Crippen LogP contribution in [0.1, 0.15) is 61.1 Å². The summed E-state index contributed by atoms with van der Waals surface area (Å²) in [5, 5.41) is 2.82. The highest BCUT2D eigenvalue weighted by Crippen LogP contribution is 2.33. The first kappa shape index (κ1) is 18.6. The van der Waals surface area contributed by atoms with Crippen LogP contribution >= 0.6 is 0 Å². The summed E-state index contributed by atoms with van der Waals surface area (Å²) in [7, 11) is 1.55. The number of amides is 2. The molecule has 26 heavy (non-hydrogen) atoms. The van der Waals surface area contributed by atoms with Gasteiger partial charge >= 0.3 is 0 Å². The molecule has 1 aliphatic carbocycles. The monoisotopic (exact) mass is 360 g/mol. The van der Waals surface area contributed by atoms with Crippen molar-refractivity contribution in [3.8, 4) is 5.88 Å². The maximum Gasteiger partial charge on any atom is 0.256 e. The van der Waals surface area contributed by atoms with Gasteiger partial charge in [-0.3, -0.25) is 9.59 Å². The summed E-state index contributed by atoms with van der Waals surface area (Å²) in [6.07, 6.45) is 4.48. The minimum atomic E-state index is -0.567. The third kappa shape index (κ3) is 3.53. The van der Waals surface area contributed by atoms with Crippen LogP contribution in [0.2, 0.25) is 0 Å². The fourth-order valence-corrected chi connectivity index (χ4v) is 3.68. The van der Waals surface area contributed by atoms with Crippen LogP contribution in [0, 0.1) is 5.92 Å². The molecule has 1 aromatic rings. The fourth-order valence-electron chi connectivity index (χ4n) is 3.68.